The lowest BCUT2D eigenvalue weighted by molar-refractivity contribution is 0.132. The van der Waals surface area contributed by atoms with E-state index in [1.165, 1.54) is 0 Å². The van der Waals surface area contributed by atoms with Gasteiger partial charge in [-0.3, -0.25) is 0 Å². The van der Waals surface area contributed by atoms with Crippen LogP contribution in [0.5, 0.6) is 5.75 Å². The maximum absolute atomic E-state index is 12.0. The molecule has 150 valence electrons. The second-order valence-electron chi connectivity index (χ2n) is 6.65. The number of carbonyl (C=O) groups excluding carboxylic acids is 1. The topological polar surface area (TPSA) is 85.4 Å². The molecule has 2 heterocycles. The van der Waals surface area contributed by atoms with Crippen LogP contribution in [0.3, 0.4) is 0 Å². The molecule has 2 N–H and O–H groups in total. The van der Waals surface area contributed by atoms with Crippen molar-refractivity contribution in [2.45, 2.75) is 12.1 Å². The first-order chi connectivity index (χ1) is 14.7. The zero-order valence-electron chi connectivity index (χ0n) is 16.5. The predicted octanol–water partition coefficient (Wildman–Crippen LogP) is 3.45. The van der Waals surface area contributed by atoms with Gasteiger partial charge >= 0.3 is 6.09 Å². The molecule has 1 aliphatic heterocycles. The molecule has 0 bridgehead atoms. The van der Waals surface area contributed by atoms with Crippen molar-refractivity contribution >= 4 is 12.0 Å². The van der Waals surface area contributed by atoms with E-state index < -0.39 is 12.2 Å². The van der Waals surface area contributed by atoms with Gasteiger partial charge in [0.25, 0.3) is 0 Å². The molecular formula is C23H20N4O3. The third-order valence-corrected chi connectivity index (χ3v) is 4.70. The number of hydrogen-bond acceptors (Lipinski definition) is 6. The minimum absolute atomic E-state index is 0.329. The zero-order valence-corrected chi connectivity index (χ0v) is 16.5. The van der Waals surface area contributed by atoms with Gasteiger partial charge in [-0.2, -0.15) is 0 Å². The average Bonchev–Trinajstić information content (AvgIpc) is 3.20. The van der Waals surface area contributed by atoms with Crippen molar-refractivity contribution in [1.29, 1.82) is 0 Å². The van der Waals surface area contributed by atoms with Gasteiger partial charge in [0, 0.05) is 25.0 Å². The standard InChI is InChI=1S/C23H20N4O3/c1-24-22-25-13-16(14-26-22)10-9-15-5-3-6-17(11-15)20-21(30-23(28)27-20)18-7-4-8-19(12-18)29-2/h3-8,11-14,20-21H,1-2H3,(H,27,28)(H,24,25,26)/t20-,21-/m1/s1. The van der Waals surface area contributed by atoms with Crippen LogP contribution in [0.1, 0.15) is 34.4 Å². The van der Waals surface area contributed by atoms with E-state index in [9.17, 15) is 4.79 Å². The molecule has 0 unspecified atom stereocenters. The van der Waals surface area contributed by atoms with E-state index in [1.807, 2.05) is 48.5 Å². The van der Waals surface area contributed by atoms with E-state index >= 15 is 0 Å². The molecule has 7 heteroatoms. The second-order valence-corrected chi connectivity index (χ2v) is 6.65. The highest BCUT2D eigenvalue weighted by atomic mass is 16.6. The molecule has 2 atom stereocenters. The average molecular weight is 400 g/mol. The van der Waals surface area contributed by atoms with Crippen LogP contribution in [0.2, 0.25) is 0 Å². The summed E-state index contributed by atoms with van der Waals surface area (Å²) in [5.74, 6) is 7.43. The van der Waals surface area contributed by atoms with E-state index in [-0.39, 0.29) is 6.04 Å². The molecule has 7 nitrogen and oxygen atoms in total. The number of hydrogen-bond donors (Lipinski definition) is 2. The number of carbonyl (C=O) groups is 1. The van der Waals surface area contributed by atoms with Crippen molar-refractivity contribution in [2.24, 2.45) is 0 Å². The minimum Gasteiger partial charge on any atom is -0.497 e. The van der Waals surface area contributed by atoms with Crippen LogP contribution >= 0.6 is 0 Å². The van der Waals surface area contributed by atoms with Gasteiger partial charge < -0.3 is 20.1 Å². The molecule has 1 aliphatic rings. The first-order valence-corrected chi connectivity index (χ1v) is 9.39. The fourth-order valence-corrected chi connectivity index (χ4v) is 3.23. The highest BCUT2D eigenvalue weighted by Crippen LogP contribution is 2.37. The molecule has 1 amide bonds. The van der Waals surface area contributed by atoms with Crippen LogP contribution in [0.15, 0.2) is 60.9 Å². The summed E-state index contributed by atoms with van der Waals surface area (Å²) in [6, 6.07) is 14.9. The molecule has 1 saturated heterocycles. The number of aromatic nitrogens is 2. The zero-order chi connectivity index (χ0) is 20.9. The fourth-order valence-electron chi connectivity index (χ4n) is 3.23. The molecule has 0 saturated carbocycles. The third kappa shape index (κ3) is 4.18. The first kappa shape index (κ1) is 19.3. The quantitative estimate of drug-likeness (QED) is 0.653. The van der Waals surface area contributed by atoms with Crippen LogP contribution in [-0.4, -0.2) is 30.2 Å². The van der Waals surface area contributed by atoms with Crippen molar-refractivity contribution < 1.29 is 14.3 Å². The highest BCUT2D eigenvalue weighted by molar-refractivity contribution is 5.71. The summed E-state index contributed by atoms with van der Waals surface area (Å²) in [5.41, 5.74) is 3.29. The summed E-state index contributed by atoms with van der Waals surface area (Å²) in [6.07, 6.45) is 2.42. The SMILES string of the molecule is CNc1ncc(C#Cc2cccc([C@H]3NC(=O)O[C@@H]3c3cccc(OC)c3)c2)cn1. The lowest BCUT2D eigenvalue weighted by Gasteiger charge is -2.18. The first-order valence-electron chi connectivity index (χ1n) is 9.39. The summed E-state index contributed by atoms with van der Waals surface area (Å²) in [7, 11) is 3.37. The summed E-state index contributed by atoms with van der Waals surface area (Å²) >= 11 is 0. The normalized spacial score (nSPS) is 17.3. The molecule has 0 spiro atoms. The van der Waals surface area contributed by atoms with Gasteiger partial charge in [0.05, 0.1) is 18.7 Å². The van der Waals surface area contributed by atoms with E-state index in [0.29, 0.717) is 17.3 Å². The molecule has 30 heavy (non-hydrogen) atoms. The molecule has 1 aromatic heterocycles. The van der Waals surface area contributed by atoms with Crippen molar-refractivity contribution in [2.75, 3.05) is 19.5 Å². The Morgan fingerprint density at radius 3 is 2.53 bits per heavy atom. The maximum atomic E-state index is 12.0. The number of cyclic esters (lactones) is 1. The van der Waals surface area contributed by atoms with Crippen LogP contribution in [0, 0.1) is 11.8 Å². The molecule has 0 radical (unpaired) electrons. The van der Waals surface area contributed by atoms with Gasteiger partial charge in [0.1, 0.15) is 5.75 Å². The van der Waals surface area contributed by atoms with Crippen molar-refractivity contribution in [1.82, 2.24) is 15.3 Å². The van der Waals surface area contributed by atoms with Gasteiger partial charge in [0.15, 0.2) is 6.10 Å². The van der Waals surface area contributed by atoms with Gasteiger partial charge in [-0.15, -0.1) is 0 Å². The molecule has 0 aliphatic carbocycles. The van der Waals surface area contributed by atoms with Crippen molar-refractivity contribution in [3.8, 4) is 17.6 Å². The molecule has 2 aromatic carbocycles. The third-order valence-electron chi connectivity index (χ3n) is 4.70. The van der Waals surface area contributed by atoms with Crippen LogP contribution in [0.4, 0.5) is 10.7 Å². The lowest BCUT2D eigenvalue weighted by atomic mass is 9.95. The number of alkyl carbamates (subject to hydrolysis) is 1. The maximum Gasteiger partial charge on any atom is 0.408 e. The van der Waals surface area contributed by atoms with Gasteiger partial charge in [-0.25, -0.2) is 14.8 Å². The molecular weight excluding hydrogens is 380 g/mol. The Morgan fingerprint density at radius 2 is 1.77 bits per heavy atom. The van der Waals surface area contributed by atoms with Gasteiger partial charge in [0.2, 0.25) is 5.95 Å². The Morgan fingerprint density at radius 1 is 1.03 bits per heavy atom. The smallest absolute Gasteiger partial charge is 0.408 e. The number of benzene rings is 2. The minimum atomic E-state index is -0.460. The Kier molecular flexibility index (Phi) is 5.48. The number of nitrogens with one attached hydrogen (secondary N) is 2. The fraction of sp³-hybridized carbons (Fsp3) is 0.174. The summed E-state index contributed by atoms with van der Waals surface area (Å²) in [6.45, 7) is 0. The number of methoxy groups -OCH3 is 1. The number of ether oxygens (including phenoxy) is 2. The van der Waals surface area contributed by atoms with Crippen molar-refractivity contribution in [3.05, 3.63) is 83.2 Å². The number of rotatable bonds is 4. The number of amides is 1. The van der Waals surface area contributed by atoms with E-state index in [0.717, 1.165) is 16.7 Å². The Hall–Kier alpha value is -4.05. The highest BCUT2D eigenvalue weighted by Gasteiger charge is 2.36. The van der Waals surface area contributed by atoms with Crippen LogP contribution in [0.25, 0.3) is 0 Å². The van der Waals surface area contributed by atoms with Gasteiger partial charge in [-0.05, 0) is 35.4 Å². The summed E-state index contributed by atoms with van der Waals surface area (Å²) < 4.78 is 10.8. The van der Waals surface area contributed by atoms with Gasteiger partial charge in [-0.1, -0.05) is 36.1 Å². The lowest BCUT2D eigenvalue weighted by Crippen LogP contribution is -2.19. The van der Waals surface area contributed by atoms with Crippen LogP contribution in [-0.2, 0) is 4.74 Å². The van der Waals surface area contributed by atoms with E-state index in [4.69, 9.17) is 9.47 Å². The molecule has 3 aromatic rings. The Balaban J connectivity index is 1.60. The second kappa shape index (κ2) is 8.53. The van der Waals surface area contributed by atoms with E-state index in [1.54, 1.807) is 26.6 Å². The largest absolute Gasteiger partial charge is 0.497 e. The van der Waals surface area contributed by atoms with Crippen LogP contribution < -0.4 is 15.4 Å². The predicted molar refractivity (Wildman–Crippen MR) is 112 cm³/mol. The monoisotopic (exact) mass is 400 g/mol. The number of nitrogens with zero attached hydrogens (tertiary/aromatic N) is 2. The Labute approximate surface area is 174 Å². The van der Waals surface area contributed by atoms with Crippen molar-refractivity contribution in [3.63, 3.8) is 0 Å². The molecule has 4 rings (SSSR count). The Bertz CT molecular complexity index is 1120. The molecule has 1 fully saturated rings. The summed E-state index contributed by atoms with van der Waals surface area (Å²) in [5, 5.41) is 5.76. The van der Waals surface area contributed by atoms with E-state index in [2.05, 4.69) is 32.4 Å². The summed E-state index contributed by atoms with van der Waals surface area (Å²) in [4.78, 5) is 20.3. The number of anilines is 1.